The number of unbranched alkanes of at least 4 members (excludes halogenated alkanes) is 1. The Balaban J connectivity index is 2.56. The molecule has 0 saturated carbocycles. The summed E-state index contributed by atoms with van der Waals surface area (Å²) in [6.45, 7) is 1.92. The molecule has 5 nitrogen and oxygen atoms in total. The maximum absolute atomic E-state index is 11.6. The summed E-state index contributed by atoms with van der Waals surface area (Å²) >= 11 is 0. The van der Waals surface area contributed by atoms with Gasteiger partial charge in [0, 0.05) is 25.5 Å². The van der Waals surface area contributed by atoms with Gasteiger partial charge in [-0.3, -0.25) is 0 Å². The Morgan fingerprint density at radius 3 is 2.70 bits per heavy atom. The van der Waals surface area contributed by atoms with E-state index in [-0.39, 0.29) is 12.0 Å². The second-order valence-corrected chi connectivity index (χ2v) is 6.32. The van der Waals surface area contributed by atoms with Gasteiger partial charge < -0.3 is 15.4 Å². The van der Waals surface area contributed by atoms with Crippen molar-refractivity contribution in [3.8, 4) is 0 Å². The van der Waals surface area contributed by atoms with E-state index in [0.717, 1.165) is 37.9 Å². The van der Waals surface area contributed by atoms with E-state index in [9.17, 15) is 9.00 Å². The largest absolute Gasteiger partial charge is 0.385 e. The molecule has 0 heterocycles. The van der Waals surface area contributed by atoms with Crippen LogP contribution >= 0.6 is 0 Å². The predicted octanol–water partition coefficient (Wildman–Crippen LogP) is 0.438. The van der Waals surface area contributed by atoms with Crippen LogP contribution in [0, 0.1) is 5.92 Å². The molecule has 0 saturated heterocycles. The molecule has 6 heteroatoms. The SMILES string of the molecule is CNCCCCNC1=CC(N(C)S(C)=O)C(C=O)C=C1. The highest BCUT2D eigenvalue weighted by atomic mass is 32.2. The van der Waals surface area contributed by atoms with Gasteiger partial charge in [-0.05, 0) is 38.6 Å². The van der Waals surface area contributed by atoms with Gasteiger partial charge in [-0.2, -0.15) is 0 Å². The quantitative estimate of drug-likeness (QED) is 0.479. The van der Waals surface area contributed by atoms with E-state index >= 15 is 0 Å². The highest BCUT2D eigenvalue weighted by molar-refractivity contribution is 7.81. The minimum atomic E-state index is -1.10. The molecule has 1 aliphatic carbocycles. The first-order valence-corrected chi connectivity index (χ1v) is 8.41. The number of nitrogens with one attached hydrogen (secondary N) is 2. The fourth-order valence-electron chi connectivity index (χ4n) is 2.10. The average molecular weight is 299 g/mol. The van der Waals surface area contributed by atoms with Gasteiger partial charge in [-0.15, -0.1) is 0 Å². The van der Waals surface area contributed by atoms with Gasteiger partial charge in [-0.25, -0.2) is 8.51 Å². The van der Waals surface area contributed by atoms with Crippen molar-refractivity contribution in [3.05, 3.63) is 23.9 Å². The normalized spacial score (nSPS) is 23.5. The Labute approximate surface area is 124 Å². The third kappa shape index (κ3) is 5.19. The van der Waals surface area contributed by atoms with Crippen molar-refractivity contribution in [1.82, 2.24) is 14.9 Å². The molecule has 1 aliphatic rings. The lowest BCUT2D eigenvalue weighted by atomic mass is 9.95. The van der Waals surface area contributed by atoms with E-state index in [2.05, 4.69) is 10.6 Å². The van der Waals surface area contributed by atoms with Crippen LogP contribution in [0.3, 0.4) is 0 Å². The number of rotatable bonds is 9. The molecule has 3 unspecified atom stereocenters. The molecule has 0 bridgehead atoms. The van der Waals surface area contributed by atoms with Crippen LogP contribution in [0.15, 0.2) is 23.9 Å². The van der Waals surface area contributed by atoms with Crippen molar-refractivity contribution in [2.24, 2.45) is 5.92 Å². The first kappa shape index (κ1) is 17.1. The summed E-state index contributed by atoms with van der Waals surface area (Å²) in [5, 5.41) is 6.47. The summed E-state index contributed by atoms with van der Waals surface area (Å²) in [6.07, 6.45) is 10.5. The van der Waals surface area contributed by atoms with Crippen molar-refractivity contribution in [1.29, 1.82) is 0 Å². The number of aldehydes is 1. The van der Waals surface area contributed by atoms with Crippen molar-refractivity contribution in [2.45, 2.75) is 18.9 Å². The first-order chi connectivity index (χ1) is 9.60. The summed E-state index contributed by atoms with van der Waals surface area (Å²) in [6, 6.07) is -0.150. The van der Waals surface area contributed by atoms with Gasteiger partial charge in [-0.1, -0.05) is 6.08 Å². The molecule has 0 aromatic carbocycles. The van der Waals surface area contributed by atoms with Crippen LogP contribution < -0.4 is 10.6 Å². The van der Waals surface area contributed by atoms with E-state index in [1.54, 1.807) is 17.6 Å². The van der Waals surface area contributed by atoms with E-state index in [1.807, 2.05) is 25.3 Å². The maximum Gasteiger partial charge on any atom is 0.128 e. The molecule has 1 rings (SSSR count). The van der Waals surface area contributed by atoms with Crippen molar-refractivity contribution in [3.63, 3.8) is 0 Å². The Morgan fingerprint density at radius 2 is 2.10 bits per heavy atom. The van der Waals surface area contributed by atoms with Gasteiger partial charge in [0.15, 0.2) is 0 Å². The number of allylic oxidation sites excluding steroid dienone is 1. The minimum Gasteiger partial charge on any atom is -0.385 e. The molecule has 114 valence electrons. The average Bonchev–Trinajstić information content (AvgIpc) is 2.46. The Morgan fingerprint density at radius 1 is 1.40 bits per heavy atom. The van der Waals surface area contributed by atoms with Gasteiger partial charge in [0.1, 0.15) is 6.29 Å². The number of likely N-dealkylation sites (N-methyl/N-ethyl adjacent to an activating group) is 1. The molecule has 0 aliphatic heterocycles. The second-order valence-electron chi connectivity index (χ2n) is 4.89. The lowest BCUT2D eigenvalue weighted by molar-refractivity contribution is -0.110. The number of hydrogen-bond acceptors (Lipinski definition) is 4. The molecule has 0 amide bonds. The smallest absolute Gasteiger partial charge is 0.128 e. The van der Waals surface area contributed by atoms with Gasteiger partial charge in [0.05, 0.1) is 22.9 Å². The van der Waals surface area contributed by atoms with Crippen molar-refractivity contribution in [2.75, 3.05) is 33.4 Å². The third-order valence-electron chi connectivity index (χ3n) is 3.41. The molecule has 0 aromatic heterocycles. The fraction of sp³-hybridized carbons (Fsp3) is 0.643. The molecule has 0 radical (unpaired) electrons. The number of carbonyl (C=O) groups excluding carboxylic acids is 1. The van der Waals surface area contributed by atoms with Crippen LogP contribution in [0.4, 0.5) is 0 Å². The molecule has 20 heavy (non-hydrogen) atoms. The maximum atomic E-state index is 11.6. The molecule has 0 aromatic rings. The van der Waals surface area contributed by atoms with Gasteiger partial charge in [0.2, 0.25) is 0 Å². The summed E-state index contributed by atoms with van der Waals surface area (Å²) in [4.78, 5) is 11.1. The Kier molecular flexibility index (Phi) is 7.72. The van der Waals surface area contributed by atoms with E-state index in [1.165, 1.54) is 0 Å². The lowest BCUT2D eigenvalue weighted by Gasteiger charge is -2.29. The molecule has 3 atom stereocenters. The van der Waals surface area contributed by atoms with Crippen LogP contribution in [-0.2, 0) is 15.8 Å². The van der Waals surface area contributed by atoms with Gasteiger partial charge >= 0.3 is 0 Å². The fourth-order valence-corrected chi connectivity index (χ4v) is 2.65. The number of hydrogen-bond donors (Lipinski definition) is 2. The Bertz CT molecular complexity index is 396. The lowest BCUT2D eigenvalue weighted by Crippen LogP contribution is -2.39. The summed E-state index contributed by atoms with van der Waals surface area (Å²) in [5.74, 6) is -0.237. The zero-order chi connectivity index (χ0) is 15.0. The van der Waals surface area contributed by atoms with Crippen molar-refractivity contribution >= 4 is 17.3 Å². The first-order valence-electron chi connectivity index (χ1n) is 6.90. The number of carbonyl (C=O) groups is 1. The van der Waals surface area contributed by atoms with Crippen molar-refractivity contribution < 1.29 is 9.00 Å². The van der Waals surface area contributed by atoms with Crippen LogP contribution in [-0.4, -0.2) is 54.3 Å². The van der Waals surface area contributed by atoms with Crippen LogP contribution in [0.1, 0.15) is 12.8 Å². The van der Waals surface area contributed by atoms with E-state index in [0.29, 0.717) is 0 Å². The molecule has 0 fully saturated rings. The molecular formula is C14H25N3O2S. The van der Waals surface area contributed by atoms with Crippen LogP contribution in [0.5, 0.6) is 0 Å². The zero-order valence-corrected chi connectivity index (χ0v) is 13.3. The molecule has 2 N–H and O–H groups in total. The molecular weight excluding hydrogens is 274 g/mol. The minimum absolute atomic E-state index is 0.150. The predicted molar refractivity (Wildman–Crippen MR) is 83.6 cm³/mol. The summed E-state index contributed by atoms with van der Waals surface area (Å²) in [7, 11) is 2.63. The highest BCUT2D eigenvalue weighted by Crippen LogP contribution is 2.19. The summed E-state index contributed by atoms with van der Waals surface area (Å²) in [5.41, 5.74) is 0.995. The standard InChI is InChI=1S/C14H25N3O2S/c1-15-8-4-5-9-16-13-7-6-12(11-18)14(10-13)17(2)20(3)19/h6-7,10-12,14-16H,4-5,8-9H2,1-3H3. The highest BCUT2D eigenvalue weighted by Gasteiger charge is 2.26. The molecule has 0 spiro atoms. The Hall–Kier alpha value is -0.980. The number of nitrogens with zero attached hydrogens (tertiary/aromatic N) is 1. The van der Waals surface area contributed by atoms with Crippen LogP contribution in [0.2, 0.25) is 0 Å². The summed E-state index contributed by atoms with van der Waals surface area (Å²) < 4.78 is 13.3. The monoisotopic (exact) mass is 299 g/mol. The van der Waals surface area contributed by atoms with E-state index < -0.39 is 11.0 Å². The van der Waals surface area contributed by atoms with Crippen LogP contribution in [0.25, 0.3) is 0 Å². The zero-order valence-electron chi connectivity index (χ0n) is 12.5. The van der Waals surface area contributed by atoms with Gasteiger partial charge in [0.25, 0.3) is 0 Å². The second kappa shape index (κ2) is 9.05. The van der Waals surface area contributed by atoms with E-state index in [4.69, 9.17) is 0 Å². The topological polar surface area (TPSA) is 61.4 Å². The third-order valence-corrected chi connectivity index (χ3v) is 4.46.